The first-order chi connectivity index (χ1) is 10.0. The summed E-state index contributed by atoms with van der Waals surface area (Å²) in [5.41, 5.74) is 0.353. The Morgan fingerprint density at radius 2 is 1.67 bits per heavy atom. The van der Waals surface area contributed by atoms with Crippen LogP contribution in [0, 0.1) is 0 Å². The Bertz CT molecular complexity index is 848. The molecule has 21 heavy (non-hydrogen) atoms. The molecule has 1 saturated heterocycles. The minimum atomic E-state index is -4.33. The molecule has 1 heterocycles. The van der Waals surface area contributed by atoms with Crippen molar-refractivity contribution in [2.45, 2.75) is 12.3 Å². The summed E-state index contributed by atoms with van der Waals surface area (Å²) in [4.78, 5) is 0. The number of hydrogen-bond donors (Lipinski definition) is 0. The van der Waals surface area contributed by atoms with E-state index in [1.165, 1.54) is 6.07 Å². The smallest absolute Gasteiger partial charge is 0.368 e. The van der Waals surface area contributed by atoms with Crippen LogP contribution in [0.2, 0.25) is 0 Å². The number of ether oxygens (including phenoxy) is 1. The topological polar surface area (TPSA) is 12.5 Å². The van der Waals surface area contributed by atoms with Gasteiger partial charge in [0.05, 0.1) is 12.2 Å². The molecule has 1 atom stereocenters. The highest BCUT2D eigenvalue weighted by molar-refractivity contribution is 6.09. The zero-order valence-electron chi connectivity index (χ0n) is 10.9. The predicted octanol–water partition coefficient (Wildman–Crippen LogP) is 5.08. The van der Waals surface area contributed by atoms with Gasteiger partial charge in [-0.05, 0) is 45.3 Å². The highest BCUT2D eigenvalue weighted by Crippen LogP contribution is 2.40. The lowest BCUT2D eigenvalue weighted by atomic mass is 9.94. The monoisotopic (exact) mass is 288 g/mol. The largest absolute Gasteiger partial charge is 0.416 e. The molecule has 1 fully saturated rings. The van der Waals surface area contributed by atoms with Crippen molar-refractivity contribution in [3.8, 4) is 0 Å². The van der Waals surface area contributed by atoms with Crippen LogP contribution >= 0.6 is 0 Å². The van der Waals surface area contributed by atoms with Gasteiger partial charge in [-0.25, -0.2) is 0 Å². The SMILES string of the molecule is FC(F)(F)c1ccc2c([C@H]3CO3)cc3ccccc3c2c1. The molecule has 4 rings (SSSR count). The van der Waals surface area contributed by atoms with Crippen LogP contribution < -0.4 is 0 Å². The molecule has 0 unspecified atom stereocenters. The van der Waals surface area contributed by atoms with Gasteiger partial charge >= 0.3 is 6.18 Å². The third-order valence-electron chi connectivity index (χ3n) is 3.90. The molecule has 0 saturated carbocycles. The molecule has 0 amide bonds. The molecule has 1 nitrogen and oxygen atoms in total. The number of rotatable bonds is 1. The molecule has 0 radical (unpaired) electrons. The van der Waals surface area contributed by atoms with E-state index in [2.05, 4.69) is 0 Å². The Kier molecular flexibility index (Phi) is 2.54. The maximum Gasteiger partial charge on any atom is 0.416 e. The zero-order chi connectivity index (χ0) is 14.6. The van der Waals surface area contributed by atoms with E-state index < -0.39 is 11.7 Å². The summed E-state index contributed by atoms with van der Waals surface area (Å²) < 4.78 is 44.2. The Labute approximate surface area is 118 Å². The minimum Gasteiger partial charge on any atom is -0.368 e. The molecule has 1 aliphatic rings. The van der Waals surface area contributed by atoms with E-state index in [-0.39, 0.29) is 6.10 Å². The summed E-state index contributed by atoms with van der Waals surface area (Å²) >= 11 is 0. The summed E-state index contributed by atoms with van der Waals surface area (Å²) in [6, 6.07) is 13.5. The molecule has 0 bridgehead atoms. The summed E-state index contributed by atoms with van der Waals surface area (Å²) in [7, 11) is 0. The van der Waals surface area contributed by atoms with Crippen LogP contribution in [0.25, 0.3) is 21.5 Å². The van der Waals surface area contributed by atoms with Gasteiger partial charge in [0.2, 0.25) is 0 Å². The van der Waals surface area contributed by atoms with E-state index in [9.17, 15) is 13.2 Å². The average molecular weight is 288 g/mol. The summed E-state index contributed by atoms with van der Waals surface area (Å²) in [6.45, 7) is 0.633. The van der Waals surface area contributed by atoms with Crippen LogP contribution in [-0.2, 0) is 10.9 Å². The van der Waals surface area contributed by atoms with Gasteiger partial charge in [-0.15, -0.1) is 0 Å². The van der Waals surface area contributed by atoms with E-state index >= 15 is 0 Å². The zero-order valence-corrected chi connectivity index (χ0v) is 10.9. The van der Waals surface area contributed by atoms with E-state index in [0.717, 1.165) is 27.8 Å². The Hall–Kier alpha value is -2.07. The summed E-state index contributed by atoms with van der Waals surface area (Å²) in [6.07, 6.45) is -4.32. The van der Waals surface area contributed by atoms with Crippen molar-refractivity contribution in [2.75, 3.05) is 6.61 Å². The fourth-order valence-electron chi connectivity index (χ4n) is 2.80. The molecule has 1 aliphatic heterocycles. The fourth-order valence-corrected chi connectivity index (χ4v) is 2.80. The van der Waals surface area contributed by atoms with Crippen LogP contribution in [0.15, 0.2) is 48.5 Å². The van der Waals surface area contributed by atoms with Gasteiger partial charge < -0.3 is 4.74 Å². The van der Waals surface area contributed by atoms with Gasteiger partial charge in [0.15, 0.2) is 0 Å². The highest BCUT2D eigenvalue weighted by atomic mass is 19.4. The van der Waals surface area contributed by atoms with Gasteiger partial charge in [-0.1, -0.05) is 30.3 Å². The molecule has 0 aliphatic carbocycles. The molecule has 3 aromatic carbocycles. The van der Waals surface area contributed by atoms with Gasteiger partial charge in [-0.2, -0.15) is 13.2 Å². The second-order valence-corrected chi connectivity index (χ2v) is 5.27. The molecule has 106 valence electrons. The number of epoxide rings is 1. The first-order valence-corrected chi connectivity index (χ1v) is 6.68. The number of benzene rings is 3. The fraction of sp³-hybridized carbons (Fsp3) is 0.176. The van der Waals surface area contributed by atoms with Crippen LogP contribution in [0.5, 0.6) is 0 Å². The Balaban J connectivity index is 2.11. The van der Waals surface area contributed by atoms with Crippen molar-refractivity contribution in [3.05, 3.63) is 59.7 Å². The van der Waals surface area contributed by atoms with E-state index in [4.69, 9.17) is 4.74 Å². The average Bonchev–Trinajstić information content (AvgIpc) is 3.29. The van der Waals surface area contributed by atoms with Gasteiger partial charge in [0.25, 0.3) is 0 Å². The van der Waals surface area contributed by atoms with Crippen molar-refractivity contribution in [1.82, 2.24) is 0 Å². The lowest BCUT2D eigenvalue weighted by molar-refractivity contribution is -0.137. The van der Waals surface area contributed by atoms with E-state index in [1.54, 1.807) is 6.07 Å². The van der Waals surface area contributed by atoms with Crippen LogP contribution in [0.1, 0.15) is 17.2 Å². The number of halogens is 3. The molecular formula is C17H11F3O. The number of fused-ring (bicyclic) bond motifs is 3. The molecule has 0 aromatic heterocycles. The van der Waals surface area contributed by atoms with Gasteiger partial charge in [0, 0.05) is 0 Å². The second-order valence-electron chi connectivity index (χ2n) is 5.27. The van der Waals surface area contributed by atoms with Crippen molar-refractivity contribution in [1.29, 1.82) is 0 Å². The third-order valence-corrected chi connectivity index (χ3v) is 3.90. The highest BCUT2D eigenvalue weighted by Gasteiger charge is 2.32. The van der Waals surface area contributed by atoms with Crippen LogP contribution in [0.4, 0.5) is 13.2 Å². The van der Waals surface area contributed by atoms with Gasteiger partial charge in [0.1, 0.15) is 6.10 Å². The van der Waals surface area contributed by atoms with Crippen LogP contribution in [0.3, 0.4) is 0 Å². The lowest BCUT2D eigenvalue weighted by Gasteiger charge is -2.12. The second kappa shape index (κ2) is 4.21. The standard InChI is InChI=1S/C17H11F3O/c18-17(19,20)11-5-6-13-14(8-11)12-4-2-1-3-10(12)7-15(13)16-9-21-16/h1-8,16H,9H2/t16-/m1/s1. The van der Waals surface area contributed by atoms with Crippen molar-refractivity contribution in [3.63, 3.8) is 0 Å². The predicted molar refractivity (Wildman–Crippen MR) is 75.1 cm³/mol. The first-order valence-electron chi connectivity index (χ1n) is 6.68. The van der Waals surface area contributed by atoms with E-state index in [1.807, 2.05) is 30.3 Å². The van der Waals surface area contributed by atoms with Crippen molar-refractivity contribution in [2.24, 2.45) is 0 Å². The maximum atomic E-state index is 13.0. The molecular weight excluding hydrogens is 277 g/mol. The lowest BCUT2D eigenvalue weighted by Crippen LogP contribution is -2.04. The van der Waals surface area contributed by atoms with Gasteiger partial charge in [-0.3, -0.25) is 0 Å². The maximum absolute atomic E-state index is 13.0. The quantitative estimate of drug-likeness (QED) is 0.449. The first kappa shape index (κ1) is 12.7. The minimum absolute atomic E-state index is 0.00819. The van der Waals surface area contributed by atoms with Crippen molar-refractivity contribution >= 4 is 21.5 Å². The molecule has 0 N–H and O–H groups in total. The Morgan fingerprint density at radius 3 is 2.38 bits per heavy atom. The van der Waals surface area contributed by atoms with E-state index in [0.29, 0.717) is 12.0 Å². The van der Waals surface area contributed by atoms with Crippen LogP contribution in [-0.4, -0.2) is 6.61 Å². The summed E-state index contributed by atoms with van der Waals surface area (Å²) in [5.74, 6) is 0. The molecule has 4 heteroatoms. The third kappa shape index (κ3) is 2.07. The number of hydrogen-bond acceptors (Lipinski definition) is 1. The molecule has 0 spiro atoms. The van der Waals surface area contributed by atoms with Crippen molar-refractivity contribution < 1.29 is 17.9 Å². The molecule has 3 aromatic rings. The normalized spacial score (nSPS) is 18.3. The summed E-state index contributed by atoms with van der Waals surface area (Å²) in [5, 5.41) is 3.25. The number of alkyl halides is 3. The Morgan fingerprint density at radius 1 is 0.905 bits per heavy atom.